The number of benzene rings is 24. The van der Waals surface area contributed by atoms with Gasteiger partial charge in [-0.1, -0.05) is 378 Å². The minimum Gasteiger partial charge on any atom is -0.297 e. The van der Waals surface area contributed by atoms with Crippen molar-refractivity contribution in [2.45, 2.75) is 56.3 Å². The number of hydrogen-bond donors (Lipinski definition) is 0. The lowest BCUT2D eigenvalue weighted by atomic mass is 9.69. The van der Waals surface area contributed by atoms with E-state index in [4.69, 9.17) is 15.0 Å². The van der Waals surface area contributed by atoms with Crippen molar-refractivity contribution in [3.8, 4) is 117 Å². The molecular weight excluding hydrogens is 1810 g/mol. The molecule has 702 valence electrons. The SMILES string of the molecule is CCCc1nc2ccccc2n1-c1cccc(-c2ccc3cc4c(cc3c2)C2(c3ccccc3-c3ccccc32)c2c-4ccc3ccccc23)c1.CCc1nc2ccccc2n1-c1cccc(-c2ccc3cc4c(cc3c2)C2(c3ccccc3-c3ccccc32)c2c-4ccc3ccccc23)c1.Cc1nc2ccccc2n1-c1cccc(-c2ccc3cc4c(cc3c2)C2(c3ccccc3-c3ccccc32)c2c-4ccc3ccccc23)c1. The molecule has 150 heavy (non-hydrogen) atoms. The second kappa shape index (κ2) is 32.9. The van der Waals surface area contributed by atoms with Crippen LogP contribution in [0.15, 0.2) is 491 Å². The van der Waals surface area contributed by atoms with E-state index < -0.39 is 16.2 Å². The van der Waals surface area contributed by atoms with Gasteiger partial charge in [0.05, 0.1) is 49.3 Å². The number of imidazole rings is 3. The van der Waals surface area contributed by atoms with E-state index in [0.717, 1.165) is 86.9 Å². The number of aromatic nitrogens is 6. The maximum atomic E-state index is 5.02. The molecule has 24 aromatic carbocycles. The van der Waals surface area contributed by atoms with Crippen molar-refractivity contribution in [2.24, 2.45) is 0 Å². The first-order chi connectivity index (χ1) is 74.2. The Morgan fingerprint density at radius 3 is 0.820 bits per heavy atom. The van der Waals surface area contributed by atoms with Gasteiger partial charge in [-0.3, -0.25) is 13.7 Å². The van der Waals surface area contributed by atoms with Crippen LogP contribution in [0.5, 0.6) is 0 Å². The Balaban J connectivity index is 0.000000101. The third-order valence-electron chi connectivity index (χ3n) is 33.9. The number of para-hydroxylation sites is 6. The molecule has 3 aromatic heterocycles. The Kier molecular flexibility index (Phi) is 18.8. The van der Waals surface area contributed by atoms with Crippen molar-refractivity contribution in [1.29, 1.82) is 0 Å². The zero-order valence-electron chi connectivity index (χ0n) is 83.1. The van der Waals surface area contributed by atoms with Crippen LogP contribution in [0.2, 0.25) is 0 Å². The minimum atomic E-state index is -0.402. The fourth-order valence-corrected chi connectivity index (χ4v) is 27.8. The molecule has 3 heterocycles. The van der Waals surface area contributed by atoms with Crippen LogP contribution in [0.4, 0.5) is 0 Å². The second-order valence-electron chi connectivity index (χ2n) is 41.5. The topological polar surface area (TPSA) is 53.5 Å². The molecule has 0 amide bonds. The van der Waals surface area contributed by atoms with Crippen LogP contribution in [-0.2, 0) is 29.1 Å². The van der Waals surface area contributed by atoms with Crippen molar-refractivity contribution < 1.29 is 0 Å². The lowest BCUT2D eigenvalue weighted by molar-refractivity contribution is 0.802. The monoisotopic (exact) mass is 1910 g/mol. The zero-order valence-corrected chi connectivity index (χ0v) is 83.1. The predicted octanol–water partition coefficient (Wildman–Crippen LogP) is 35.9. The highest BCUT2D eigenvalue weighted by molar-refractivity contribution is 6.12. The Hall–Kier alpha value is -18.8. The summed E-state index contributed by atoms with van der Waals surface area (Å²) in [5.41, 5.74) is 48.6. The van der Waals surface area contributed by atoms with Crippen LogP contribution in [-0.4, -0.2) is 28.7 Å². The van der Waals surface area contributed by atoms with Crippen molar-refractivity contribution in [1.82, 2.24) is 28.7 Å². The summed E-state index contributed by atoms with van der Waals surface area (Å²) in [7, 11) is 0. The molecule has 0 atom stereocenters. The maximum absolute atomic E-state index is 5.02. The number of aryl methyl sites for hydroxylation is 3. The first kappa shape index (κ1) is 85.6. The molecule has 0 radical (unpaired) electrons. The molecule has 0 saturated heterocycles. The van der Waals surface area contributed by atoms with Gasteiger partial charge in [0, 0.05) is 29.9 Å². The van der Waals surface area contributed by atoms with Gasteiger partial charge in [0.15, 0.2) is 0 Å². The molecule has 6 nitrogen and oxygen atoms in total. The zero-order chi connectivity index (χ0) is 98.9. The van der Waals surface area contributed by atoms with Crippen LogP contribution in [0.25, 0.3) is 215 Å². The average Bonchev–Trinajstić information content (AvgIpc) is 1.51. The average molecular weight is 1910 g/mol. The summed E-state index contributed by atoms with van der Waals surface area (Å²) in [4.78, 5) is 14.8. The predicted molar refractivity (Wildman–Crippen MR) is 622 cm³/mol. The van der Waals surface area contributed by atoms with E-state index >= 15 is 0 Å². The molecule has 0 aliphatic heterocycles. The largest absolute Gasteiger partial charge is 0.297 e. The molecular formula is C144H96N6. The second-order valence-corrected chi connectivity index (χ2v) is 41.5. The normalized spacial score (nSPS) is 13.5. The van der Waals surface area contributed by atoms with Gasteiger partial charge < -0.3 is 0 Å². The Bertz CT molecular complexity index is 10400. The van der Waals surface area contributed by atoms with Crippen LogP contribution >= 0.6 is 0 Å². The summed E-state index contributed by atoms with van der Waals surface area (Å²) in [6.45, 7) is 6.48. The van der Waals surface area contributed by atoms with Gasteiger partial charge in [-0.25, -0.2) is 15.0 Å². The van der Waals surface area contributed by atoms with Gasteiger partial charge in [0.1, 0.15) is 17.5 Å². The summed E-state index contributed by atoms with van der Waals surface area (Å²) in [6.07, 6.45) is 2.85. The van der Waals surface area contributed by atoms with Crippen LogP contribution < -0.4 is 0 Å². The van der Waals surface area contributed by atoms with Crippen LogP contribution in [0.1, 0.15) is 105 Å². The van der Waals surface area contributed by atoms with Crippen LogP contribution in [0, 0.1) is 6.92 Å². The molecule has 33 rings (SSSR count). The molecule has 0 saturated carbocycles. The van der Waals surface area contributed by atoms with E-state index in [2.05, 4.69) is 526 Å². The Morgan fingerprint density at radius 1 is 0.193 bits per heavy atom. The van der Waals surface area contributed by atoms with Crippen molar-refractivity contribution in [3.63, 3.8) is 0 Å². The van der Waals surface area contributed by atoms with Crippen LogP contribution in [0.3, 0.4) is 0 Å². The quantitative estimate of drug-likeness (QED) is 0.145. The lowest BCUT2D eigenvalue weighted by Gasteiger charge is -2.31. The molecule has 3 spiro atoms. The fraction of sp³-hybridized carbons (Fsp3) is 0.0625. The summed E-state index contributed by atoms with van der Waals surface area (Å²) >= 11 is 0. The van der Waals surface area contributed by atoms with Gasteiger partial charge in [0.25, 0.3) is 0 Å². The number of fused-ring (bicyclic) bond motifs is 42. The first-order valence-electron chi connectivity index (χ1n) is 52.8. The van der Waals surface area contributed by atoms with Gasteiger partial charge in [-0.05, 0) is 372 Å². The summed E-state index contributed by atoms with van der Waals surface area (Å²) in [5.74, 6) is 3.17. The summed E-state index contributed by atoms with van der Waals surface area (Å²) < 4.78 is 6.91. The van der Waals surface area contributed by atoms with Crippen molar-refractivity contribution in [2.75, 3.05) is 0 Å². The summed E-state index contributed by atoms with van der Waals surface area (Å²) in [6, 6.07) is 183. The minimum absolute atomic E-state index is 0.400. The Labute approximate surface area is 869 Å². The highest BCUT2D eigenvalue weighted by Crippen LogP contribution is 2.69. The number of hydrogen-bond acceptors (Lipinski definition) is 3. The van der Waals surface area contributed by atoms with Gasteiger partial charge in [-0.2, -0.15) is 0 Å². The molecule has 6 heteroatoms. The van der Waals surface area contributed by atoms with Crippen molar-refractivity contribution in [3.05, 3.63) is 576 Å². The molecule has 0 fully saturated rings. The van der Waals surface area contributed by atoms with Crippen molar-refractivity contribution >= 4 is 97.7 Å². The lowest BCUT2D eigenvalue weighted by Crippen LogP contribution is -2.26. The number of nitrogens with zero attached hydrogens (tertiary/aromatic N) is 6. The number of rotatable bonds is 9. The Morgan fingerprint density at radius 2 is 0.473 bits per heavy atom. The van der Waals surface area contributed by atoms with E-state index in [-0.39, 0.29) is 0 Å². The van der Waals surface area contributed by atoms with E-state index in [0.29, 0.717) is 0 Å². The molecule has 27 aromatic rings. The molecule has 6 aliphatic rings. The molecule has 0 N–H and O–H groups in total. The highest BCUT2D eigenvalue weighted by atomic mass is 15.1. The highest BCUT2D eigenvalue weighted by Gasteiger charge is 2.56. The third kappa shape index (κ3) is 12.2. The smallest absolute Gasteiger partial charge is 0.114 e. The van der Waals surface area contributed by atoms with E-state index in [1.807, 2.05) is 0 Å². The first-order valence-corrected chi connectivity index (χ1v) is 52.8. The van der Waals surface area contributed by atoms with E-state index in [1.165, 1.54) is 232 Å². The maximum Gasteiger partial charge on any atom is 0.114 e. The fourth-order valence-electron chi connectivity index (χ4n) is 27.8. The summed E-state index contributed by atoms with van der Waals surface area (Å²) in [5, 5.41) is 15.4. The van der Waals surface area contributed by atoms with E-state index in [1.54, 1.807) is 0 Å². The molecule has 0 bridgehead atoms. The van der Waals surface area contributed by atoms with E-state index in [9.17, 15) is 0 Å². The third-order valence-corrected chi connectivity index (χ3v) is 33.9. The van der Waals surface area contributed by atoms with Gasteiger partial charge >= 0.3 is 0 Å². The standard InChI is InChI=1S/C49H34N2.C48H32N2.C47H30N2/c1-2-12-47-50-45-21-9-10-22-46(45)51(47)36-15-11-14-32(28-36)33-23-24-34-29-41-40-26-25-31-13-3-4-16-37(31)48(40)49(44(41)30-35(34)27-33)42-19-7-5-17-38(42)39-18-6-8-20-43(39)49;1-2-46-49-44-20-9-10-21-45(44)50(46)35-14-11-13-31(27-35)32-22-23-33-28-40-39-25-24-30-12-3-4-15-36(30)47(39)48(43(40)29-34(33)26-32)41-18-7-5-16-37(41)38-17-6-8-19-42(38)48;1-29-48-44-19-8-9-20-45(44)49(29)35-13-10-12-31(26-35)32-21-22-33-27-40-39-24-23-30-11-2-3-14-36(30)46(39)47(43(40)28-34(33)25-32)41-17-6-4-15-37(41)38-16-5-7-18-42(38)47/h3-11,13-30H,2,12H2,1H3;3-29H,2H2,1H3;2-28H,1H3. The van der Waals surface area contributed by atoms with Gasteiger partial charge in [0.2, 0.25) is 0 Å². The van der Waals surface area contributed by atoms with Gasteiger partial charge in [-0.15, -0.1) is 0 Å². The molecule has 0 unspecified atom stereocenters. The molecule has 6 aliphatic carbocycles.